The molecular formula is C32H46N4O7S. The van der Waals surface area contributed by atoms with Crippen molar-refractivity contribution in [1.82, 2.24) is 20.9 Å². The molecule has 3 atom stereocenters. The summed E-state index contributed by atoms with van der Waals surface area (Å²) in [5.41, 5.74) is -0.573. The maximum atomic E-state index is 13.1. The number of aliphatic hydroxyl groups is 1. The highest BCUT2D eigenvalue weighted by molar-refractivity contribution is 7.91. The van der Waals surface area contributed by atoms with Crippen LogP contribution in [-0.2, 0) is 19.4 Å². The average Bonchev–Trinajstić information content (AvgIpc) is 3.67. The van der Waals surface area contributed by atoms with Gasteiger partial charge in [-0.3, -0.25) is 14.5 Å². The Morgan fingerprint density at radius 3 is 2.45 bits per heavy atom. The molecule has 2 aromatic carbocycles. The molecule has 2 aliphatic rings. The lowest BCUT2D eigenvalue weighted by Gasteiger charge is -2.28. The monoisotopic (exact) mass is 630 g/mol. The van der Waals surface area contributed by atoms with Gasteiger partial charge in [-0.1, -0.05) is 44.2 Å². The zero-order valence-electron chi connectivity index (χ0n) is 25.9. The third-order valence-corrected chi connectivity index (χ3v) is 9.91. The van der Waals surface area contributed by atoms with Gasteiger partial charge in [-0.2, -0.15) is 0 Å². The number of fused-ring (bicyclic) bond motifs is 1. The Bertz CT molecular complexity index is 1360. The van der Waals surface area contributed by atoms with Gasteiger partial charge in [-0.05, 0) is 69.3 Å². The van der Waals surface area contributed by atoms with Gasteiger partial charge in [-0.25, -0.2) is 8.42 Å². The molecule has 1 fully saturated rings. The summed E-state index contributed by atoms with van der Waals surface area (Å²) >= 11 is 0. The molecule has 0 saturated carbocycles. The van der Waals surface area contributed by atoms with Crippen molar-refractivity contribution in [3.8, 4) is 11.5 Å². The molecule has 242 valence electrons. The molecule has 0 aromatic heterocycles. The van der Waals surface area contributed by atoms with E-state index in [1.165, 1.54) is 19.1 Å². The van der Waals surface area contributed by atoms with Crippen molar-refractivity contribution < 1.29 is 32.6 Å². The van der Waals surface area contributed by atoms with E-state index < -0.39 is 27.2 Å². The van der Waals surface area contributed by atoms with Gasteiger partial charge in [0.25, 0.3) is 0 Å². The Labute approximate surface area is 260 Å². The molecule has 2 aromatic rings. The fourth-order valence-corrected chi connectivity index (χ4v) is 7.20. The Hall–Kier alpha value is -3.19. The second-order valence-corrected chi connectivity index (χ2v) is 14.3. The van der Waals surface area contributed by atoms with Crippen molar-refractivity contribution in [2.45, 2.75) is 69.0 Å². The SMILES string of the molecule is CC(C)[C@H](NC(=O)CN1CCCC1)C(=O)NCCCC(NC[C@@](C)(O)CS(=O)(=O)c1ccc2c(c1)OCO2)c1ccccc1. The van der Waals surface area contributed by atoms with Gasteiger partial charge in [0.2, 0.25) is 18.6 Å². The van der Waals surface area contributed by atoms with Crippen LogP contribution in [0.15, 0.2) is 53.4 Å². The van der Waals surface area contributed by atoms with E-state index in [9.17, 15) is 23.1 Å². The summed E-state index contributed by atoms with van der Waals surface area (Å²) in [7, 11) is -3.82. The molecule has 11 nitrogen and oxygen atoms in total. The average molecular weight is 631 g/mol. The molecule has 12 heteroatoms. The number of hydrogen-bond donors (Lipinski definition) is 4. The molecule has 1 unspecified atom stereocenters. The lowest BCUT2D eigenvalue weighted by atomic mass is 10.00. The summed E-state index contributed by atoms with van der Waals surface area (Å²) in [4.78, 5) is 27.7. The van der Waals surface area contributed by atoms with E-state index in [0.29, 0.717) is 37.4 Å². The lowest BCUT2D eigenvalue weighted by Crippen LogP contribution is -2.52. The number of ether oxygens (including phenoxy) is 2. The van der Waals surface area contributed by atoms with Crippen molar-refractivity contribution >= 4 is 21.7 Å². The number of carbonyl (C=O) groups is 2. The molecule has 0 spiro atoms. The van der Waals surface area contributed by atoms with Gasteiger partial charge in [-0.15, -0.1) is 0 Å². The predicted molar refractivity (Wildman–Crippen MR) is 167 cm³/mol. The van der Waals surface area contributed by atoms with E-state index in [2.05, 4.69) is 20.9 Å². The van der Waals surface area contributed by atoms with Crippen molar-refractivity contribution in [3.63, 3.8) is 0 Å². The first kappa shape index (κ1) is 33.7. The zero-order valence-corrected chi connectivity index (χ0v) is 26.7. The molecule has 44 heavy (non-hydrogen) atoms. The summed E-state index contributed by atoms with van der Waals surface area (Å²) in [6.45, 7) is 7.92. The second kappa shape index (κ2) is 15.2. The van der Waals surface area contributed by atoms with Crippen LogP contribution in [0.25, 0.3) is 0 Å². The van der Waals surface area contributed by atoms with Crippen LogP contribution in [0.3, 0.4) is 0 Å². The van der Waals surface area contributed by atoms with E-state index in [4.69, 9.17) is 9.47 Å². The summed E-state index contributed by atoms with van der Waals surface area (Å²) in [5.74, 6) is -0.0418. The van der Waals surface area contributed by atoms with Crippen LogP contribution in [-0.4, -0.2) is 87.2 Å². The third kappa shape index (κ3) is 9.65. The molecule has 0 aliphatic carbocycles. The normalized spacial score (nSPS) is 17.7. The first-order valence-electron chi connectivity index (χ1n) is 15.4. The maximum absolute atomic E-state index is 13.1. The van der Waals surface area contributed by atoms with Crippen LogP contribution < -0.4 is 25.4 Å². The van der Waals surface area contributed by atoms with Crippen molar-refractivity contribution in [1.29, 1.82) is 0 Å². The smallest absolute Gasteiger partial charge is 0.242 e. The number of nitrogens with zero attached hydrogens (tertiary/aromatic N) is 1. The highest BCUT2D eigenvalue weighted by Crippen LogP contribution is 2.34. The maximum Gasteiger partial charge on any atom is 0.242 e. The predicted octanol–water partition coefficient (Wildman–Crippen LogP) is 2.40. The second-order valence-electron chi connectivity index (χ2n) is 12.3. The minimum atomic E-state index is -3.82. The first-order chi connectivity index (χ1) is 20.9. The van der Waals surface area contributed by atoms with Gasteiger partial charge in [0, 0.05) is 25.2 Å². The van der Waals surface area contributed by atoms with E-state index in [1.807, 2.05) is 44.2 Å². The Kier molecular flexibility index (Phi) is 11.6. The number of hydrogen-bond acceptors (Lipinski definition) is 9. The van der Waals surface area contributed by atoms with Crippen LogP contribution in [0.5, 0.6) is 11.5 Å². The fraction of sp³-hybridized carbons (Fsp3) is 0.562. The molecule has 1 saturated heterocycles. The summed E-state index contributed by atoms with van der Waals surface area (Å²) in [6.07, 6.45) is 3.45. The van der Waals surface area contributed by atoms with Crippen molar-refractivity contribution in [3.05, 3.63) is 54.1 Å². The summed E-state index contributed by atoms with van der Waals surface area (Å²) in [5, 5.41) is 20.3. The zero-order chi connectivity index (χ0) is 31.7. The van der Waals surface area contributed by atoms with Gasteiger partial charge in [0.1, 0.15) is 6.04 Å². The summed E-state index contributed by atoms with van der Waals surface area (Å²) in [6, 6.07) is 13.3. The van der Waals surface area contributed by atoms with Gasteiger partial charge in [0.15, 0.2) is 21.3 Å². The molecule has 4 rings (SSSR count). The summed E-state index contributed by atoms with van der Waals surface area (Å²) < 4.78 is 36.9. The molecule has 0 radical (unpaired) electrons. The number of nitrogens with one attached hydrogen (secondary N) is 3. The van der Waals surface area contributed by atoms with Gasteiger partial charge >= 0.3 is 0 Å². The molecule has 2 amide bonds. The fourth-order valence-electron chi connectivity index (χ4n) is 5.55. The highest BCUT2D eigenvalue weighted by atomic mass is 32.2. The van der Waals surface area contributed by atoms with Crippen LogP contribution in [0, 0.1) is 5.92 Å². The Morgan fingerprint density at radius 2 is 1.75 bits per heavy atom. The number of carbonyl (C=O) groups excluding carboxylic acids is 2. The van der Waals surface area contributed by atoms with Crippen LogP contribution in [0.1, 0.15) is 58.1 Å². The number of amides is 2. The highest BCUT2D eigenvalue weighted by Gasteiger charge is 2.32. The standard InChI is InChI=1S/C32H46N4O7S/c1-23(2)30(35-29(37)19-36-16-7-8-17-36)31(38)33-15-9-12-26(24-10-5-4-6-11-24)34-20-32(3,39)21-44(40,41)25-13-14-27-28(18-25)43-22-42-27/h4-6,10-11,13-14,18,23,26,30,34,39H,7-9,12,15-17,19-22H2,1-3H3,(H,33,38)(H,35,37)/t26?,30-,32+/m0/s1. The number of sulfone groups is 1. The van der Waals surface area contributed by atoms with E-state index in [1.54, 1.807) is 6.07 Å². The third-order valence-electron chi connectivity index (χ3n) is 7.94. The van der Waals surface area contributed by atoms with E-state index in [0.717, 1.165) is 31.5 Å². The minimum absolute atomic E-state index is 0.0289. The van der Waals surface area contributed by atoms with Crippen LogP contribution >= 0.6 is 0 Å². The number of benzene rings is 2. The number of likely N-dealkylation sites (tertiary alicyclic amines) is 1. The molecule has 4 N–H and O–H groups in total. The molecule has 2 heterocycles. The minimum Gasteiger partial charge on any atom is -0.454 e. The van der Waals surface area contributed by atoms with Gasteiger partial charge < -0.3 is 30.5 Å². The van der Waals surface area contributed by atoms with Gasteiger partial charge in [0.05, 0.1) is 22.8 Å². The topological polar surface area (TPSA) is 146 Å². The molecule has 2 aliphatic heterocycles. The van der Waals surface area contributed by atoms with Crippen LogP contribution in [0.4, 0.5) is 0 Å². The van der Waals surface area contributed by atoms with E-state index in [-0.39, 0.29) is 42.0 Å². The Morgan fingerprint density at radius 1 is 1.05 bits per heavy atom. The molecule has 0 bridgehead atoms. The van der Waals surface area contributed by atoms with Crippen LogP contribution in [0.2, 0.25) is 0 Å². The number of rotatable bonds is 16. The molecular weight excluding hydrogens is 584 g/mol. The quantitative estimate of drug-likeness (QED) is 0.205. The first-order valence-corrected chi connectivity index (χ1v) is 17.0. The van der Waals surface area contributed by atoms with Crippen molar-refractivity contribution in [2.24, 2.45) is 5.92 Å². The van der Waals surface area contributed by atoms with E-state index >= 15 is 0 Å². The Balaban J connectivity index is 1.29. The lowest BCUT2D eigenvalue weighted by molar-refractivity contribution is -0.130. The van der Waals surface area contributed by atoms with Crippen molar-refractivity contribution in [2.75, 3.05) is 45.3 Å². The largest absolute Gasteiger partial charge is 0.454 e.